The van der Waals surface area contributed by atoms with Crippen molar-refractivity contribution in [3.63, 3.8) is 0 Å². The van der Waals surface area contributed by atoms with Crippen molar-refractivity contribution >= 4 is 20.1 Å². The second-order valence-electron chi connectivity index (χ2n) is 4.13. The van der Waals surface area contributed by atoms with Gasteiger partial charge in [0.15, 0.2) is 0 Å². The van der Waals surface area contributed by atoms with E-state index in [0.717, 1.165) is 4.90 Å². The normalized spacial score (nSPS) is 26.0. The molecule has 5 nitrogen and oxygen atoms in total. The number of rotatable bonds is 1. The molecule has 0 unspecified atom stereocenters. The van der Waals surface area contributed by atoms with Crippen molar-refractivity contribution < 1.29 is 19.8 Å². The van der Waals surface area contributed by atoms with E-state index in [1.807, 2.05) is 13.1 Å². The van der Waals surface area contributed by atoms with Crippen LogP contribution < -0.4 is 0 Å². The summed E-state index contributed by atoms with van der Waals surface area (Å²) >= 11 is 0. The largest absolute Gasteiger partial charge is 0.480 e. The lowest BCUT2D eigenvalue weighted by molar-refractivity contribution is -0.141. The second kappa shape index (κ2) is 3.02. The maximum atomic E-state index is 10.7. The van der Waals surface area contributed by atoms with Gasteiger partial charge in [-0.1, -0.05) is 13.1 Å². The third-order valence-electron chi connectivity index (χ3n) is 2.25. The first-order chi connectivity index (χ1) is 5.83. The number of carboxylic acids is 1. The van der Waals surface area contributed by atoms with E-state index >= 15 is 0 Å². The van der Waals surface area contributed by atoms with Crippen molar-refractivity contribution in [2.75, 3.05) is 6.17 Å². The predicted octanol–water partition coefficient (Wildman–Crippen LogP) is 0.681. The van der Waals surface area contributed by atoms with E-state index in [9.17, 15) is 9.59 Å². The van der Waals surface area contributed by atoms with Crippen LogP contribution in [0.1, 0.15) is 0 Å². The molecule has 0 aliphatic carbocycles. The van der Waals surface area contributed by atoms with Gasteiger partial charge in [-0.05, 0) is 6.04 Å². The fourth-order valence-corrected chi connectivity index (χ4v) is 4.54. The first-order valence-corrected chi connectivity index (χ1v) is 7.47. The van der Waals surface area contributed by atoms with Gasteiger partial charge in [0.05, 0.1) is 8.07 Å². The molecule has 1 amide bonds. The summed E-state index contributed by atoms with van der Waals surface area (Å²) in [6.07, 6.45) is -0.690. The standard InChI is InChI=1S/C7H13NO4Si/c1-13(2)3-5(6(9)10)8(4-13)7(11)12/h5H,3-4H2,1-2H3,(H,9,10)(H,11,12)/t5-/m0/s1. The number of nitrogens with zero attached hydrogens (tertiary/aromatic N) is 1. The summed E-state index contributed by atoms with van der Waals surface area (Å²) in [6.45, 7) is 4.01. The van der Waals surface area contributed by atoms with Crippen LogP contribution >= 0.6 is 0 Å². The zero-order valence-electron chi connectivity index (χ0n) is 7.65. The minimum Gasteiger partial charge on any atom is -0.480 e. The molecule has 0 aromatic heterocycles. The van der Waals surface area contributed by atoms with E-state index < -0.39 is 26.2 Å². The highest BCUT2D eigenvalue weighted by atomic mass is 28.3. The Labute approximate surface area is 77.0 Å². The smallest absolute Gasteiger partial charge is 0.407 e. The Morgan fingerprint density at radius 3 is 2.23 bits per heavy atom. The molecule has 0 spiro atoms. The first kappa shape index (κ1) is 10.0. The van der Waals surface area contributed by atoms with Crippen LogP contribution in [0.25, 0.3) is 0 Å². The van der Waals surface area contributed by atoms with Crippen LogP contribution in [0.4, 0.5) is 4.79 Å². The zero-order chi connectivity index (χ0) is 10.2. The highest BCUT2D eigenvalue weighted by Gasteiger charge is 2.44. The summed E-state index contributed by atoms with van der Waals surface area (Å²) in [6, 6.07) is -0.298. The molecule has 1 rings (SSSR count). The van der Waals surface area contributed by atoms with Gasteiger partial charge < -0.3 is 10.2 Å². The lowest BCUT2D eigenvalue weighted by Gasteiger charge is -2.17. The Bertz CT molecular complexity index is 229. The Morgan fingerprint density at radius 2 is 1.92 bits per heavy atom. The summed E-state index contributed by atoms with van der Waals surface area (Å²) < 4.78 is 0. The van der Waals surface area contributed by atoms with Crippen LogP contribution in [0, 0.1) is 0 Å². The summed E-state index contributed by atoms with van der Waals surface area (Å²) in [4.78, 5) is 22.5. The van der Waals surface area contributed by atoms with E-state index in [1.54, 1.807) is 0 Å². The van der Waals surface area contributed by atoms with Gasteiger partial charge in [-0.15, -0.1) is 0 Å². The molecule has 0 radical (unpaired) electrons. The molecule has 74 valence electrons. The van der Waals surface area contributed by atoms with Gasteiger partial charge in [0, 0.05) is 6.17 Å². The molecule has 13 heavy (non-hydrogen) atoms. The number of amides is 1. The van der Waals surface area contributed by atoms with Crippen LogP contribution in [0.15, 0.2) is 0 Å². The molecule has 6 heteroatoms. The molecular weight excluding hydrogens is 190 g/mol. The van der Waals surface area contributed by atoms with Crippen LogP contribution in [0.3, 0.4) is 0 Å². The molecule has 1 fully saturated rings. The number of aliphatic carboxylic acids is 1. The summed E-state index contributed by atoms with van der Waals surface area (Å²) in [7, 11) is -1.63. The lowest BCUT2D eigenvalue weighted by Crippen LogP contribution is -2.40. The zero-order valence-corrected chi connectivity index (χ0v) is 8.65. The molecule has 0 aromatic rings. The quantitative estimate of drug-likeness (QED) is 0.614. The third-order valence-corrected chi connectivity index (χ3v) is 4.94. The molecule has 1 aliphatic rings. The molecule has 2 N–H and O–H groups in total. The van der Waals surface area contributed by atoms with E-state index in [4.69, 9.17) is 10.2 Å². The molecule has 0 bridgehead atoms. The number of hydrogen-bond donors (Lipinski definition) is 2. The van der Waals surface area contributed by atoms with Crippen molar-refractivity contribution in [1.29, 1.82) is 0 Å². The van der Waals surface area contributed by atoms with Crippen molar-refractivity contribution in [1.82, 2.24) is 4.90 Å². The van der Waals surface area contributed by atoms with Gasteiger partial charge in [0.2, 0.25) is 0 Å². The Kier molecular flexibility index (Phi) is 2.33. The van der Waals surface area contributed by atoms with Gasteiger partial charge in [-0.25, -0.2) is 9.59 Å². The highest BCUT2D eigenvalue weighted by Crippen LogP contribution is 2.26. The number of carboxylic acid groups (broad SMARTS) is 2. The lowest BCUT2D eigenvalue weighted by atomic mass is 10.3. The monoisotopic (exact) mass is 203 g/mol. The molecule has 1 atom stereocenters. The fourth-order valence-electron chi connectivity index (χ4n) is 1.69. The molecule has 0 aromatic carbocycles. The van der Waals surface area contributed by atoms with Gasteiger partial charge in [0.1, 0.15) is 6.04 Å². The topological polar surface area (TPSA) is 77.8 Å². The average Bonchev–Trinajstić information content (AvgIpc) is 2.26. The third kappa shape index (κ3) is 2.00. The van der Waals surface area contributed by atoms with Crippen LogP contribution in [-0.2, 0) is 4.79 Å². The van der Waals surface area contributed by atoms with E-state index in [1.165, 1.54) is 0 Å². The maximum Gasteiger partial charge on any atom is 0.407 e. The van der Waals surface area contributed by atoms with Crippen molar-refractivity contribution in [2.45, 2.75) is 25.2 Å². The van der Waals surface area contributed by atoms with Crippen molar-refractivity contribution in [3.8, 4) is 0 Å². The van der Waals surface area contributed by atoms with Crippen LogP contribution in [0.5, 0.6) is 0 Å². The average molecular weight is 203 g/mol. The fraction of sp³-hybridized carbons (Fsp3) is 0.714. The van der Waals surface area contributed by atoms with E-state index in [-0.39, 0.29) is 0 Å². The molecule has 1 saturated heterocycles. The Balaban J connectivity index is 2.83. The summed E-state index contributed by atoms with van der Waals surface area (Å²) in [5.74, 6) is -1.03. The van der Waals surface area contributed by atoms with Gasteiger partial charge in [-0.2, -0.15) is 0 Å². The summed E-state index contributed by atoms with van der Waals surface area (Å²) in [5, 5.41) is 17.5. The molecule has 1 heterocycles. The van der Waals surface area contributed by atoms with Gasteiger partial charge in [-0.3, -0.25) is 4.90 Å². The minimum absolute atomic E-state index is 0.430. The molecule has 0 saturated carbocycles. The molecular formula is C7H13NO4Si. The minimum atomic E-state index is -1.63. The van der Waals surface area contributed by atoms with Crippen molar-refractivity contribution in [3.05, 3.63) is 0 Å². The number of carbonyl (C=O) groups is 2. The van der Waals surface area contributed by atoms with Gasteiger partial charge in [0.25, 0.3) is 0 Å². The maximum absolute atomic E-state index is 10.7. The molecule has 1 aliphatic heterocycles. The predicted molar refractivity (Wildman–Crippen MR) is 48.4 cm³/mol. The van der Waals surface area contributed by atoms with Crippen molar-refractivity contribution in [2.24, 2.45) is 0 Å². The van der Waals surface area contributed by atoms with Gasteiger partial charge >= 0.3 is 12.1 Å². The van der Waals surface area contributed by atoms with Crippen LogP contribution in [0.2, 0.25) is 19.1 Å². The highest BCUT2D eigenvalue weighted by molar-refractivity contribution is 6.78. The Hall–Kier alpha value is -1.04. The summed E-state index contributed by atoms with van der Waals surface area (Å²) in [5.41, 5.74) is 0. The SMILES string of the molecule is C[Si]1(C)C[C@@H](C(=O)O)N(C(=O)O)C1. The first-order valence-electron chi connectivity index (χ1n) is 4.06. The number of hydrogen-bond acceptors (Lipinski definition) is 2. The second-order valence-corrected chi connectivity index (χ2v) is 9.19. The van der Waals surface area contributed by atoms with Crippen LogP contribution in [-0.4, -0.2) is 47.5 Å². The van der Waals surface area contributed by atoms with E-state index in [2.05, 4.69) is 0 Å². The Morgan fingerprint density at radius 1 is 1.38 bits per heavy atom. The van der Waals surface area contributed by atoms with E-state index in [0.29, 0.717) is 12.2 Å².